The summed E-state index contributed by atoms with van der Waals surface area (Å²) in [6, 6.07) is 7.17. The molecule has 6 rings (SSSR count). The van der Waals surface area contributed by atoms with Crippen molar-refractivity contribution in [1.82, 2.24) is 24.6 Å². The molecule has 2 aliphatic carbocycles. The second-order valence-electron chi connectivity index (χ2n) is 9.78. The van der Waals surface area contributed by atoms with Gasteiger partial charge in [-0.25, -0.2) is 8.78 Å². The molecule has 0 spiro atoms. The summed E-state index contributed by atoms with van der Waals surface area (Å²) in [6.07, 6.45) is 8.01. The molecule has 0 unspecified atom stereocenters. The van der Waals surface area contributed by atoms with Gasteiger partial charge in [-0.3, -0.25) is 19.3 Å². The molecule has 10 heteroatoms. The number of carbonyl (C=O) groups is 1. The van der Waals surface area contributed by atoms with Crippen molar-refractivity contribution in [3.05, 3.63) is 82.0 Å². The van der Waals surface area contributed by atoms with Gasteiger partial charge < -0.3 is 15.0 Å². The topological polar surface area (TPSA) is 102 Å². The Hall–Kier alpha value is -3.92. The molecule has 3 aromatic heterocycles. The molecule has 2 saturated carbocycles. The Morgan fingerprint density at radius 3 is 2.62 bits per heavy atom. The maximum absolute atomic E-state index is 15.2. The average molecular weight is 506 g/mol. The second-order valence-corrected chi connectivity index (χ2v) is 9.78. The Bertz CT molecular complexity index is 1550. The van der Waals surface area contributed by atoms with Crippen LogP contribution in [0.4, 0.5) is 8.78 Å². The molecule has 2 N–H and O–H groups in total. The first-order valence-corrected chi connectivity index (χ1v) is 12.4. The van der Waals surface area contributed by atoms with E-state index in [0.717, 1.165) is 23.8 Å². The fraction of sp³-hybridized carbons (Fsp3) is 0.333. The summed E-state index contributed by atoms with van der Waals surface area (Å²) in [5.74, 6) is -2.13. The molecular formula is C27H25F2N5O3. The first-order chi connectivity index (χ1) is 17.9. The van der Waals surface area contributed by atoms with E-state index in [0.29, 0.717) is 30.1 Å². The predicted octanol–water partition coefficient (Wildman–Crippen LogP) is 3.56. The quantitative estimate of drug-likeness (QED) is 0.417. The van der Waals surface area contributed by atoms with Crippen LogP contribution < -0.4 is 10.9 Å². The molecule has 3 heterocycles. The molecule has 190 valence electrons. The molecule has 4 aromatic rings. The van der Waals surface area contributed by atoms with Gasteiger partial charge in [0.05, 0.1) is 46.9 Å². The number of fused-ring (bicyclic) bond motifs is 1. The average Bonchev–Trinajstić information content (AvgIpc) is 3.48. The molecule has 2 fully saturated rings. The Morgan fingerprint density at radius 1 is 1.14 bits per heavy atom. The SMILES string of the molecule is O=C(N[C@H]1CCC[C@@H]1O)c1cn(Cc2c(F)cc(-c3ccn(C4CC4)n3)cc2F)c(=O)c2cccnc12. The van der Waals surface area contributed by atoms with Gasteiger partial charge in [0.1, 0.15) is 11.6 Å². The van der Waals surface area contributed by atoms with Crippen molar-refractivity contribution >= 4 is 16.8 Å². The summed E-state index contributed by atoms with van der Waals surface area (Å²) in [7, 11) is 0. The van der Waals surface area contributed by atoms with E-state index >= 15 is 8.78 Å². The van der Waals surface area contributed by atoms with Gasteiger partial charge in [0.2, 0.25) is 0 Å². The van der Waals surface area contributed by atoms with Gasteiger partial charge >= 0.3 is 0 Å². The van der Waals surface area contributed by atoms with E-state index in [4.69, 9.17) is 0 Å². The molecular weight excluding hydrogens is 480 g/mol. The standard InChI is InChI=1S/C27H25F2N5O3/c28-20-11-15(22-8-10-34(32-22)16-6-7-16)12-21(29)18(20)13-33-14-19(25-17(27(33)37)3-2-9-30-25)26(36)31-23-4-1-5-24(23)35/h2-3,8-12,14,16,23-24,35H,1,4-7,13H2,(H,31,36)/t23-,24-/m0/s1. The second kappa shape index (κ2) is 9.19. The van der Waals surface area contributed by atoms with Crippen LogP contribution in [-0.4, -0.2) is 42.5 Å². The molecule has 1 aromatic carbocycles. The first kappa shape index (κ1) is 23.5. The number of nitrogens with zero attached hydrogens (tertiary/aromatic N) is 4. The molecule has 37 heavy (non-hydrogen) atoms. The molecule has 8 nitrogen and oxygen atoms in total. The van der Waals surface area contributed by atoms with Gasteiger partial charge in [0.15, 0.2) is 0 Å². The third-order valence-corrected chi connectivity index (χ3v) is 7.17. The number of rotatable bonds is 6. The van der Waals surface area contributed by atoms with Gasteiger partial charge in [-0.1, -0.05) is 0 Å². The zero-order valence-electron chi connectivity index (χ0n) is 19.9. The van der Waals surface area contributed by atoms with Crippen LogP contribution in [0.25, 0.3) is 22.2 Å². The lowest BCUT2D eigenvalue weighted by Crippen LogP contribution is -2.40. The number of halogens is 2. The Kier molecular flexibility index (Phi) is 5.83. The number of hydrogen-bond donors (Lipinski definition) is 2. The number of benzene rings is 1. The van der Waals surface area contributed by atoms with Crippen molar-refractivity contribution in [1.29, 1.82) is 0 Å². The molecule has 1 amide bonds. The molecule has 2 atom stereocenters. The molecule has 0 radical (unpaired) electrons. The third-order valence-electron chi connectivity index (χ3n) is 7.17. The number of carbonyl (C=O) groups excluding carboxylic acids is 1. The third kappa shape index (κ3) is 4.42. The summed E-state index contributed by atoms with van der Waals surface area (Å²) in [6.45, 7) is -0.412. The van der Waals surface area contributed by atoms with Crippen LogP contribution in [0.3, 0.4) is 0 Å². The van der Waals surface area contributed by atoms with Gasteiger partial charge in [0, 0.05) is 29.7 Å². The lowest BCUT2D eigenvalue weighted by atomic mass is 10.1. The number of pyridine rings is 2. The number of aliphatic hydroxyl groups excluding tert-OH is 1. The maximum atomic E-state index is 15.2. The van der Waals surface area contributed by atoms with E-state index in [1.54, 1.807) is 23.0 Å². The minimum atomic E-state index is -0.811. The van der Waals surface area contributed by atoms with E-state index in [2.05, 4.69) is 15.4 Å². The monoisotopic (exact) mass is 505 g/mol. The number of nitrogens with one attached hydrogen (secondary N) is 1. The maximum Gasteiger partial charge on any atom is 0.260 e. The van der Waals surface area contributed by atoms with Gasteiger partial charge in [-0.05, 0) is 62.4 Å². The zero-order chi connectivity index (χ0) is 25.7. The van der Waals surface area contributed by atoms with E-state index in [1.807, 2.05) is 0 Å². The van der Waals surface area contributed by atoms with Gasteiger partial charge in [-0.15, -0.1) is 0 Å². The Morgan fingerprint density at radius 2 is 1.92 bits per heavy atom. The fourth-order valence-electron chi connectivity index (χ4n) is 4.97. The summed E-state index contributed by atoms with van der Waals surface area (Å²) >= 11 is 0. The van der Waals surface area contributed by atoms with Crippen molar-refractivity contribution in [3.63, 3.8) is 0 Å². The van der Waals surface area contributed by atoms with E-state index in [-0.39, 0.29) is 22.0 Å². The Labute approximate surface area is 210 Å². The highest BCUT2D eigenvalue weighted by atomic mass is 19.1. The summed E-state index contributed by atoms with van der Waals surface area (Å²) < 4.78 is 33.3. The van der Waals surface area contributed by atoms with E-state index in [9.17, 15) is 14.7 Å². The number of amides is 1. The van der Waals surface area contributed by atoms with Crippen LogP contribution >= 0.6 is 0 Å². The zero-order valence-corrected chi connectivity index (χ0v) is 19.9. The largest absolute Gasteiger partial charge is 0.391 e. The highest BCUT2D eigenvalue weighted by molar-refractivity contribution is 6.05. The van der Waals surface area contributed by atoms with Gasteiger partial charge in [-0.2, -0.15) is 5.10 Å². The summed E-state index contributed by atoms with van der Waals surface area (Å²) in [4.78, 5) is 30.5. The van der Waals surface area contributed by atoms with E-state index < -0.39 is 41.8 Å². The predicted molar refractivity (Wildman–Crippen MR) is 132 cm³/mol. The normalized spacial score (nSPS) is 19.4. The highest BCUT2D eigenvalue weighted by Gasteiger charge is 2.28. The molecule has 0 bridgehead atoms. The van der Waals surface area contributed by atoms with Crippen LogP contribution in [0.1, 0.15) is 54.1 Å². The smallest absolute Gasteiger partial charge is 0.260 e. The molecule has 2 aliphatic rings. The van der Waals surface area contributed by atoms with Crippen LogP contribution in [0.5, 0.6) is 0 Å². The number of aliphatic hydroxyl groups is 1. The lowest BCUT2D eigenvalue weighted by Gasteiger charge is -2.18. The van der Waals surface area contributed by atoms with Crippen molar-refractivity contribution in [2.75, 3.05) is 0 Å². The van der Waals surface area contributed by atoms with Crippen molar-refractivity contribution in [2.45, 2.75) is 56.8 Å². The molecule has 0 saturated heterocycles. The lowest BCUT2D eigenvalue weighted by molar-refractivity contribution is 0.0874. The van der Waals surface area contributed by atoms with Gasteiger partial charge in [0.25, 0.3) is 11.5 Å². The molecule has 0 aliphatic heterocycles. The van der Waals surface area contributed by atoms with Crippen LogP contribution in [-0.2, 0) is 6.54 Å². The van der Waals surface area contributed by atoms with Crippen LogP contribution in [0.15, 0.2) is 53.7 Å². The summed E-state index contributed by atoms with van der Waals surface area (Å²) in [5, 5.41) is 17.5. The number of aromatic nitrogens is 4. The fourth-order valence-corrected chi connectivity index (χ4v) is 4.97. The minimum absolute atomic E-state index is 0.0948. The van der Waals surface area contributed by atoms with Crippen molar-refractivity contribution < 1.29 is 18.7 Å². The van der Waals surface area contributed by atoms with Crippen molar-refractivity contribution in [3.8, 4) is 11.3 Å². The highest BCUT2D eigenvalue weighted by Crippen LogP contribution is 2.35. The Balaban J connectivity index is 1.35. The van der Waals surface area contributed by atoms with Crippen LogP contribution in [0, 0.1) is 11.6 Å². The minimum Gasteiger partial charge on any atom is -0.391 e. The summed E-state index contributed by atoms with van der Waals surface area (Å²) in [5.41, 5.74) is 0.246. The van der Waals surface area contributed by atoms with Crippen LogP contribution in [0.2, 0.25) is 0 Å². The number of hydrogen-bond acceptors (Lipinski definition) is 5. The first-order valence-electron chi connectivity index (χ1n) is 12.4. The van der Waals surface area contributed by atoms with E-state index in [1.165, 1.54) is 30.6 Å². The van der Waals surface area contributed by atoms with Crippen molar-refractivity contribution in [2.24, 2.45) is 0 Å².